The van der Waals surface area contributed by atoms with Crippen LogP contribution < -0.4 is 0 Å². The van der Waals surface area contributed by atoms with Crippen LogP contribution in [0.4, 0.5) is 0 Å². The van der Waals surface area contributed by atoms with E-state index in [4.69, 9.17) is 0 Å². The fourth-order valence-electron chi connectivity index (χ4n) is 7.76. The lowest BCUT2D eigenvalue weighted by Crippen LogP contribution is -2.63. The lowest BCUT2D eigenvalue weighted by atomic mass is 9.44. The van der Waals surface area contributed by atoms with Gasteiger partial charge in [0.15, 0.2) is 0 Å². The maximum absolute atomic E-state index is 13.9. The summed E-state index contributed by atoms with van der Waals surface area (Å²) >= 11 is 0. The molecule has 0 radical (unpaired) electrons. The van der Waals surface area contributed by atoms with E-state index >= 15 is 0 Å². The number of hydrogen-bond donors (Lipinski definition) is 1. The predicted molar refractivity (Wildman–Crippen MR) is 143 cm³/mol. The second-order valence-corrected chi connectivity index (χ2v) is 12.2. The SMILES string of the molecule is C[C@H]1[C@@H](N(C(=O)CCc2ccccc2)C2CCC(c3ccc(C(=O)O)cc3)CC2)C[C@@H]2C[C@@H]1C2(C)C. The van der Waals surface area contributed by atoms with Gasteiger partial charge in [-0.25, -0.2) is 4.79 Å². The van der Waals surface area contributed by atoms with Crippen LogP contribution in [0, 0.1) is 23.2 Å². The molecule has 0 spiro atoms. The third kappa shape index (κ3) is 4.71. The third-order valence-electron chi connectivity index (χ3n) is 10.1. The number of carboxylic acid groups (broad SMARTS) is 1. The molecule has 6 rings (SSSR count). The molecule has 2 aromatic carbocycles. The highest BCUT2D eigenvalue weighted by molar-refractivity contribution is 5.87. The van der Waals surface area contributed by atoms with Crippen LogP contribution in [0.1, 0.15) is 93.1 Å². The molecular formula is C32H41NO3. The van der Waals surface area contributed by atoms with Gasteiger partial charge in [-0.2, -0.15) is 0 Å². The Hall–Kier alpha value is -2.62. The van der Waals surface area contributed by atoms with E-state index in [1.807, 2.05) is 18.2 Å². The zero-order chi connectivity index (χ0) is 25.4. The molecule has 1 amide bonds. The Labute approximate surface area is 216 Å². The number of amides is 1. The van der Waals surface area contributed by atoms with Crippen molar-refractivity contribution in [1.82, 2.24) is 4.90 Å². The lowest BCUT2D eigenvalue weighted by Gasteiger charge is -2.64. The summed E-state index contributed by atoms with van der Waals surface area (Å²) in [7, 11) is 0. The molecule has 0 aromatic heterocycles. The van der Waals surface area contributed by atoms with Crippen molar-refractivity contribution in [3.63, 3.8) is 0 Å². The minimum absolute atomic E-state index is 0.316. The van der Waals surface area contributed by atoms with Crippen LogP contribution in [0.3, 0.4) is 0 Å². The summed E-state index contributed by atoms with van der Waals surface area (Å²) in [5, 5.41) is 9.21. The van der Waals surface area contributed by atoms with Gasteiger partial charge in [-0.05, 0) is 97.3 Å². The molecule has 4 atom stereocenters. The number of aromatic carboxylic acids is 1. The Morgan fingerprint density at radius 1 is 0.944 bits per heavy atom. The highest BCUT2D eigenvalue weighted by Gasteiger charge is 2.58. The first-order chi connectivity index (χ1) is 17.3. The van der Waals surface area contributed by atoms with Crippen molar-refractivity contribution in [2.45, 2.75) is 90.1 Å². The molecule has 1 N–H and O–H groups in total. The normalized spacial score (nSPS) is 30.8. The fraction of sp³-hybridized carbons (Fsp3) is 0.562. The first-order valence-corrected chi connectivity index (χ1v) is 13.9. The topological polar surface area (TPSA) is 57.6 Å². The van der Waals surface area contributed by atoms with Crippen LogP contribution in [0.25, 0.3) is 0 Å². The Morgan fingerprint density at radius 3 is 2.19 bits per heavy atom. The van der Waals surface area contributed by atoms with Gasteiger partial charge >= 0.3 is 5.97 Å². The molecule has 4 saturated carbocycles. The number of carbonyl (C=O) groups is 2. The Bertz CT molecular complexity index is 1070. The number of nitrogens with zero attached hydrogens (tertiary/aromatic N) is 1. The minimum Gasteiger partial charge on any atom is -0.478 e. The number of carboxylic acids is 1. The number of aryl methyl sites for hydroxylation is 1. The summed E-state index contributed by atoms with van der Waals surface area (Å²) < 4.78 is 0. The van der Waals surface area contributed by atoms with Gasteiger partial charge in [0, 0.05) is 18.5 Å². The van der Waals surface area contributed by atoms with E-state index in [2.05, 4.69) is 49.9 Å². The Morgan fingerprint density at radius 2 is 1.61 bits per heavy atom. The van der Waals surface area contributed by atoms with E-state index in [1.165, 1.54) is 17.5 Å². The zero-order valence-corrected chi connectivity index (χ0v) is 22.0. The van der Waals surface area contributed by atoms with Crippen LogP contribution in [-0.4, -0.2) is 34.0 Å². The second kappa shape index (κ2) is 10.0. The van der Waals surface area contributed by atoms with Gasteiger partial charge in [0.1, 0.15) is 0 Å². The number of hydrogen-bond acceptors (Lipinski definition) is 2. The average Bonchev–Trinajstić information content (AvgIpc) is 2.89. The van der Waals surface area contributed by atoms with Gasteiger partial charge in [-0.3, -0.25) is 4.79 Å². The molecule has 192 valence electrons. The van der Waals surface area contributed by atoms with Gasteiger partial charge < -0.3 is 10.0 Å². The maximum atomic E-state index is 13.9. The van der Waals surface area contributed by atoms with Gasteiger partial charge in [-0.1, -0.05) is 63.2 Å². The number of benzene rings is 2. The molecule has 0 saturated heterocycles. The van der Waals surface area contributed by atoms with Crippen molar-refractivity contribution >= 4 is 11.9 Å². The number of carbonyl (C=O) groups excluding carboxylic acids is 1. The third-order valence-corrected chi connectivity index (χ3v) is 10.1. The van der Waals surface area contributed by atoms with Crippen LogP contribution in [-0.2, 0) is 11.2 Å². The molecule has 4 aliphatic carbocycles. The summed E-state index contributed by atoms with van der Waals surface area (Å²) in [4.78, 5) is 27.5. The predicted octanol–water partition coefficient (Wildman–Crippen LogP) is 6.94. The van der Waals surface area contributed by atoms with E-state index in [-0.39, 0.29) is 0 Å². The van der Waals surface area contributed by atoms with E-state index in [1.54, 1.807) is 12.1 Å². The number of fused-ring (bicyclic) bond motifs is 2. The average molecular weight is 488 g/mol. The van der Waals surface area contributed by atoms with Crippen LogP contribution in [0.2, 0.25) is 0 Å². The zero-order valence-electron chi connectivity index (χ0n) is 22.0. The molecule has 0 unspecified atom stereocenters. The van der Waals surface area contributed by atoms with Crippen LogP contribution in [0.5, 0.6) is 0 Å². The quantitative estimate of drug-likeness (QED) is 0.460. The fourth-order valence-corrected chi connectivity index (χ4v) is 7.76. The molecule has 0 heterocycles. The highest BCUT2D eigenvalue weighted by Crippen LogP contribution is 2.62. The van der Waals surface area contributed by atoms with Crippen molar-refractivity contribution in [3.8, 4) is 0 Å². The summed E-state index contributed by atoms with van der Waals surface area (Å²) in [5.74, 6) is 1.90. The Kier molecular flexibility index (Phi) is 6.98. The molecular weight excluding hydrogens is 446 g/mol. The Balaban J connectivity index is 1.30. The maximum Gasteiger partial charge on any atom is 0.335 e. The van der Waals surface area contributed by atoms with Gasteiger partial charge in [0.2, 0.25) is 5.91 Å². The highest BCUT2D eigenvalue weighted by atomic mass is 16.4. The number of rotatable bonds is 7. The van der Waals surface area contributed by atoms with E-state index in [9.17, 15) is 14.7 Å². The van der Waals surface area contributed by atoms with Crippen molar-refractivity contribution in [3.05, 3.63) is 71.3 Å². The van der Waals surface area contributed by atoms with Crippen molar-refractivity contribution < 1.29 is 14.7 Å². The van der Waals surface area contributed by atoms with E-state index < -0.39 is 5.97 Å². The first kappa shape index (κ1) is 25.0. The summed E-state index contributed by atoms with van der Waals surface area (Å²) in [6.45, 7) is 7.27. The van der Waals surface area contributed by atoms with E-state index in [0.29, 0.717) is 47.2 Å². The monoisotopic (exact) mass is 487 g/mol. The molecule has 4 heteroatoms. The smallest absolute Gasteiger partial charge is 0.335 e. The molecule has 4 fully saturated rings. The molecule has 36 heavy (non-hydrogen) atoms. The molecule has 4 nitrogen and oxygen atoms in total. The molecule has 2 bridgehead atoms. The first-order valence-electron chi connectivity index (χ1n) is 13.9. The minimum atomic E-state index is -0.877. The lowest BCUT2D eigenvalue weighted by molar-refractivity contribution is -0.164. The second-order valence-electron chi connectivity index (χ2n) is 12.2. The standard InChI is InChI=1S/C32H41NO3/c1-21-28-19-26(32(28,2)3)20-29(21)33(30(34)18-9-22-7-5-4-6-8-22)27-16-14-24(15-17-27)23-10-12-25(13-11-23)31(35)36/h4-8,10-13,21,24,26-29H,9,14-20H2,1-3H3,(H,35,36)/t21-,24?,26+,27?,28+,29+/m1/s1. The molecule has 2 aromatic rings. The van der Waals surface area contributed by atoms with Gasteiger partial charge in [0.05, 0.1) is 5.56 Å². The van der Waals surface area contributed by atoms with Crippen molar-refractivity contribution in [1.29, 1.82) is 0 Å². The van der Waals surface area contributed by atoms with Crippen LogP contribution >= 0.6 is 0 Å². The summed E-state index contributed by atoms with van der Waals surface area (Å²) in [6, 6.07) is 18.5. The van der Waals surface area contributed by atoms with Crippen molar-refractivity contribution in [2.75, 3.05) is 0 Å². The largest absolute Gasteiger partial charge is 0.478 e. The van der Waals surface area contributed by atoms with Gasteiger partial charge in [0.25, 0.3) is 0 Å². The molecule has 4 aliphatic rings. The summed E-state index contributed by atoms with van der Waals surface area (Å²) in [6.07, 6.45) is 8.05. The van der Waals surface area contributed by atoms with Crippen LogP contribution in [0.15, 0.2) is 54.6 Å². The van der Waals surface area contributed by atoms with E-state index in [0.717, 1.165) is 50.4 Å². The molecule has 0 aliphatic heterocycles. The van der Waals surface area contributed by atoms with Gasteiger partial charge in [-0.15, -0.1) is 0 Å². The van der Waals surface area contributed by atoms with Crippen molar-refractivity contribution in [2.24, 2.45) is 23.2 Å². The summed E-state index contributed by atoms with van der Waals surface area (Å²) in [5.41, 5.74) is 3.22.